The molecule has 0 atom stereocenters. The first-order valence-corrected chi connectivity index (χ1v) is 10.3. The smallest absolute Gasteiger partial charge is 0.267 e. The van der Waals surface area contributed by atoms with Crippen molar-refractivity contribution >= 4 is 22.9 Å². The molecule has 0 aliphatic rings. The number of hydrogen-bond acceptors (Lipinski definition) is 4. The quantitative estimate of drug-likeness (QED) is 0.631. The summed E-state index contributed by atoms with van der Waals surface area (Å²) < 4.78 is 1.26. The molecule has 146 valence electrons. The molecule has 1 amide bonds. The number of hydrogen-bond donors (Lipinski definition) is 1. The minimum Gasteiger partial charge on any atom is -0.324 e. The highest BCUT2D eigenvalue weighted by atomic mass is 32.1. The van der Waals surface area contributed by atoms with Crippen molar-refractivity contribution in [1.29, 1.82) is 0 Å². The SMILES string of the molecule is CCCCc1ccc(NC(=O)C(C)(C)n2nc(-c3cccs3)ccc2=O)cc1. The number of nitrogens with one attached hydrogen (secondary N) is 1. The summed E-state index contributed by atoms with van der Waals surface area (Å²) in [6, 6.07) is 14.9. The summed E-state index contributed by atoms with van der Waals surface area (Å²) in [5.74, 6) is -0.285. The van der Waals surface area contributed by atoms with Crippen molar-refractivity contribution in [3.63, 3.8) is 0 Å². The van der Waals surface area contributed by atoms with E-state index in [4.69, 9.17) is 0 Å². The Morgan fingerprint density at radius 1 is 1.14 bits per heavy atom. The van der Waals surface area contributed by atoms with Gasteiger partial charge in [0.05, 0.1) is 4.88 Å². The third kappa shape index (κ3) is 4.39. The fourth-order valence-electron chi connectivity index (χ4n) is 2.88. The van der Waals surface area contributed by atoms with Gasteiger partial charge < -0.3 is 5.32 Å². The molecular formula is C22H25N3O2S. The van der Waals surface area contributed by atoms with Crippen LogP contribution in [0.2, 0.25) is 0 Å². The number of amides is 1. The van der Waals surface area contributed by atoms with Gasteiger partial charge in [-0.2, -0.15) is 5.10 Å². The molecule has 0 fully saturated rings. The summed E-state index contributed by atoms with van der Waals surface area (Å²) >= 11 is 1.54. The molecule has 0 saturated carbocycles. The fraction of sp³-hybridized carbons (Fsp3) is 0.318. The van der Waals surface area contributed by atoms with E-state index in [2.05, 4.69) is 17.3 Å². The number of anilines is 1. The Hall–Kier alpha value is -2.73. The highest BCUT2D eigenvalue weighted by molar-refractivity contribution is 7.13. The summed E-state index contributed by atoms with van der Waals surface area (Å²) in [5.41, 5.74) is 1.19. The van der Waals surface area contributed by atoms with Crippen LogP contribution in [0.3, 0.4) is 0 Å². The van der Waals surface area contributed by atoms with Crippen LogP contribution < -0.4 is 10.9 Å². The molecule has 1 aromatic carbocycles. The molecular weight excluding hydrogens is 370 g/mol. The summed E-state index contributed by atoms with van der Waals surface area (Å²) in [5, 5.41) is 9.31. The predicted molar refractivity (Wildman–Crippen MR) is 115 cm³/mol. The maximum atomic E-state index is 12.9. The van der Waals surface area contributed by atoms with Crippen LogP contribution in [0.5, 0.6) is 0 Å². The second-order valence-corrected chi connectivity index (χ2v) is 8.21. The van der Waals surface area contributed by atoms with Crippen molar-refractivity contribution in [2.24, 2.45) is 0 Å². The van der Waals surface area contributed by atoms with E-state index < -0.39 is 5.54 Å². The minimum absolute atomic E-state index is 0.285. The molecule has 0 aliphatic carbocycles. The molecule has 3 aromatic rings. The first-order valence-electron chi connectivity index (χ1n) is 9.47. The third-order valence-corrected chi connectivity index (χ3v) is 5.58. The third-order valence-electron chi connectivity index (χ3n) is 4.69. The monoisotopic (exact) mass is 395 g/mol. The summed E-state index contributed by atoms with van der Waals surface area (Å²) in [6.07, 6.45) is 3.33. The van der Waals surface area contributed by atoms with Crippen LogP contribution in [-0.4, -0.2) is 15.7 Å². The van der Waals surface area contributed by atoms with Crippen molar-refractivity contribution < 1.29 is 4.79 Å². The number of rotatable bonds is 7. The van der Waals surface area contributed by atoms with Crippen LogP contribution in [0, 0.1) is 0 Å². The first kappa shape index (κ1) is 20.0. The highest BCUT2D eigenvalue weighted by Gasteiger charge is 2.32. The zero-order chi connectivity index (χ0) is 20.1. The first-order chi connectivity index (χ1) is 13.4. The normalized spacial score (nSPS) is 11.4. The fourth-order valence-corrected chi connectivity index (χ4v) is 3.57. The van der Waals surface area contributed by atoms with Crippen LogP contribution in [-0.2, 0) is 16.8 Å². The molecule has 2 heterocycles. The van der Waals surface area contributed by atoms with Gasteiger partial charge in [0.25, 0.3) is 11.5 Å². The number of thiophene rings is 1. The van der Waals surface area contributed by atoms with Crippen LogP contribution >= 0.6 is 11.3 Å². The van der Waals surface area contributed by atoms with E-state index in [0.29, 0.717) is 11.4 Å². The van der Waals surface area contributed by atoms with E-state index >= 15 is 0 Å². The molecule has 0 bridgehead atoms. The topological polar surface area (TPSA) is 64.0 Å². The van der Waals surface area contributed by atoms with Gasteiger partial charge in [-0.1, -0.05) is 31.5 Å². The summed E-state index contributed by atoms with van der Waals surface area (Å²) in [7, 11) is 0. The van der Waals surface area contributed by atoms with Crippen molar-refractivity contribution in [2.45, 2.75) is 45.6 Å². The average Bonchev–Trinajstić information content (AvgIpc) is 3.22. The standard InChI is InChI=1S/C22H25N3O2S/c1-4-5-7-16-9-11-17(12-10-16)23-21(27)22(2,3)25-20(26)14-13-18(24-25)19-8-6-15-28-19/h6,8-15H,4-5,7H2,1-3H3,(H,23,27). The largest absolute Gasteiger partial charge is 0.324 e. The number of aromatic nitrogens is 2. The molecule has 28 heavy (non-hydrogen) atoms. The van der Waals surface area contributed by atoms with Gasteiger partial charge >= 0.3 is 0 Å². The molecule has 6 heteroatoms. The van der Waals surface area contributed by atoms with Crippen molar-refractivity contribution in [3.8, 4) is 10.6 Å². The maximum Gasteiger partial charge on any atom is 0.267 e. The predicted octanol–water partition coefficient (Wildman–Crippen LogP) is 4.69. The van der Waals surface area contributed by atoms with Gasteiger partial charge in [0.15, 0.2) is 0 Å². The molecule has 0 saturated heterocycles. The van der Waals surface area contributed by atoms with E-state index in [1.165, 1.54) is 16.3 Å². The number of benzene rings is 1. The Balaban J connectivity index is 1.81. The van der Waals surface area contributed by atoms with Gasteiger partial charge in [-0.25, -0.2) is 4.68 Å². The van der Waals surface area contributed by atoms with Gasteiger partial charge in [0.2, 0.25) is 0 Å². The maximum absolute atomic E-state index is 12.9. The van der Waals surface area contributed by atoms with E-state index in [1.54, 1.807) is 31.3 Å². The average molecular weight is 396 g/mol. The van der Waals surface area contributed by atoms with Crippen molar-refractivity contribution in [1.82, 2.24) is 9.78 Å². The molecule has 0 radical (unpaired) electrons. The Labute approximate surface area is 169 Å². The van der Waals surface area contributed by atoms with Crippen molar-refractivity contribution in [3.05, 3.63) is 69.8 Å². The van der Waals surface area contributed by atoms with Crippen molar-refractivity contribution in [2.75, 3.05) is 5.32 Å². The Kier molecular flexibility index (Phi) is 6.09. The van der Waals surface area contributed by atoms with E-state index in [-0.39, 0.29) is 11.5 Å². The zero-order valence-electron chi connectivity index (χ0n) is 16.4. The number of aryl methyl sites for hydroxylation is 1. The molecule has 5 nitrogen and oxygen atoms in total. The number of unbranched alkanes of at least 4 members (excludes halogenated alkanes) is 1. The molecule has 2 aromatic heterocycles. The number of carbonyl (C=O) groups excluding carboxylic acids is 1. The van der Waals surface area contributed by atoms with Gasteiger partial charge in [0.1, 0.15) is 11.2 Å². The van der Waals surface area contributed by atoms with Gasteiger partial charge in [0, 0.05) is 11.8 Å². The Morgan fingerprint density at radius 3 is 2.54 bits per heavy atom. The Bertz CT molecular complexity index is 989. The lowest BCUT2D eigenvalue weighted by atomic mass is 10.0. The molecule has 0 unspecified atom stereocenters. The summed E-state index contributed by atoms with van der Waals surface area (Å²) in [4.78, 5) is 26.3. The van der Waals surface area contributed by atoms with Crippen LogP contribution in [0.25, 0.3) is 10.6 Å². The van der Waals surface area contributed by atoms with Crippen LogP contribution in [0.1, 0.15) is 39.2 Å². The van der Waals surface area contributed by atoms with E-state index in [1.807, 2.05) is 41.8 Å². The zero-order valence-corrected chi connectivity index (χ0v) is 17.3. The second kappa shape index (κ2) is 8.52. The lowest BCUT2D eigenvalue weighted by molar-refractivity contribution is -0.123. The lowest BCUT2D eigenvalue weighted by Crippen LogP contribution is -2.47. The van der Waals surface area contributed by atoms with Gasteiger partial charge in [-0.3, -0.25) is 9.59 Å². The van der Waals surface area contributed by atoms with Gasteiger partial charge in [-0.15, -0.1) is 11.3 Å². The highest BCUT2D eigenvalue weighted by Crippen LogP contribution is 2.23. The number of nitrogens with zero attached hydrogens (tertiary/aromatic N) is 2. The van der Waals surface area contributed by atoms with Gasteiger partial charge in [-0.05, 0) is 61.9 Å². The van der Waals surface area contributed by atoms with E-state index in [0.717, 1.165) is 24.1 Å². The number of carbonyl (C=O) groups is 1. The van der Waals surface area contributed by atoms with Crippen LogP contribution in [0.15, 0.2) is 58.7 Å². The van der Waals surface area contributed by atoms with Crippen LogP contribution in [0.4, 0.5) is 5.69 Å². The molecule has 3 rings (SSSR count). The van der Waals surface area contributed by atoms with E-state index in [9.17, 15) is 9.59 Å². The Morgan fingerprint density at radius 2 is 1.89 bits per heavy atom. The lowest BCUT2D eigenvalue weighted by Gasteiger charge is -2.25. The molecule has 0 spiro atoms. The molecule has 0 aliphatic heterocycles. The molecule has 1 N–H and O–H groups in total. The minimum atomic E-state index is -1.13. The second-order valence-electron chi connectivity index (χ2n) is 7.26. The summed E-state index contributed by atoms with van der Waals surface area (Å²) in [6.45, 7) is 5.56.